The van der Waals surface area contributed by atoms with Crippen LogP contribution in [0.3, 0.4) is 0 Å². The van der Waals surface area contributed by atoms with E-state index in [1.54, 1.807) is 0 Å². The van der Waals surface area contributed by atoms with Crippen molar-refractivity contribution in [1.29, 1.82) is 0 Å². The molecule has 0 unspecified atom stereocenters. The van der Waals surface area contributed by atoms with Gasteiger partial charge in [0.15, 0.2) is 0 Å². The van der Waals surface area contributed by atoms with Gasteiger partial charge in [0.05, 0.1) is 33.5 Å². The van der Waals surface area contributed by atoms with Gasteiger partial charge in [0, 0.05) is 10.8 Å². The normalized spacial score (nSPS) is 19.7. The van der Waals surface area contributed by atoms with Gasteiger partial charge in [-0.3, -0.25) is 0 Å². The van der Waals surface area contributed by atoms with Gasteiger partial charge in [-0.25, -0.2) is 19.6 Å². The smallest absolute Gasteiger partial charge is 0.336 e. The van der Waals surface area contributed by atoms with Crippen molar-refractivity contribution in [3.63, 3.8) is 0 Å². The number of rotatable bonds is 4. The molecule has 6 nitrogen and oxygen atoms in total. The van der Waals surface area contributed by atoms with Crippen LogP contribution in [0.4, 0.5) is 0 Å². The van der Waals surface area contributed by atoms with Gasteiger partial charge in [-0.2, -0.15) is 0 Å². The van der Waals surface area contributed by atoms with E-state index in [-0.39, 0.29) is 0 Å². The van der Waals surface area contributed by atoms with Crippen LogP contribution < -0.4 is 0 Å². The Bertz CT molecular complexity index is 1910. The van der Waals surface area contributed by atoms with E-state index in [0.29, 0.717) is 57.6 Å². The average molecular weight is 581 g/mol. The van der Waals surface area contributed by atoms with Gasteiger partial charge in [-0.05, 0) is 95.2 Å². The fourth-order valence-corrected chi connectivity index (χ4v) is 7.05. The first kappa shape index (κ1) is 27.7. The van der Waals surface area contributed by atoms with E-state index in [0.717, 1.165) is 57.6 Å². The summed E-state index contributed by atoms with van der Waals surface area (Å²) in [5, 5.41) is 21.7. The standard InChI is InChI=1S/C38H32N2O4/c1-21-15-25(35-29(17-21)33(37(41)42)27-7-3-5-9-31(27)39-35)19-23-11-13-24(14-12-23)20-26-16-22(2)18-30-34(38(43)44)28-8-4-6-10-32(28)40-36(26)30/h3-14,19-22H,15-18H2,1-2H3,(H,41,42)(H,43,44)/b25-19-,26-20+/t21-,22+/m1/s1. The quantitative estimate of drug-likeness (QED) is 0.221. The molecule has 2 atom stereocenters. The Morgan fingerprint density at radius 3 is 1.39 bits per heavy atom. The van der Waals surface area contributed by atoms with E-state index in [4.69, 9.17) is 9.97 Å². The number of hydrogen-bond acceptors (Lipinski definition) is 4. The molecule has 0 radical (unpaired) electrons. The topological polar surface area (TPSA) is 100 Å². The zero-order valence-electron chi connectivity index (χ0n) is 24.7. The number of aromatic nitrogens is 2. The van der Waals surface area contributed by atoms with E-state index in [9.17, 15) is 19.8 Å². The fourth-order valence-electron chi connectivity index (χ4n) is 7.05. The highest BCUT2D eigenvalue weighted by atomic mass is 16.4. The molecule has 7 rings (SSSR count). The first-order valence-electron chi connectivity index (χ1n) is 15.1. The number of benzene rings is 3. The van der Waals surface area contributed by atoms with Crippen LogP contribution in [0.5, 0.6) is 0 Å². The first-order valence-corrected chi connectivity index (χ1v) is 15.1. The van der Waals surface area contributed by atoms with Gasteiger partial charge in [-0.15, -0.1) is 0 Å². The van der Waals surface area contributed by atoms with E-state index in [2.05, 4.69) is 50.3 Å². The Kier molecular flexibility index (Phi) is 6.85. The lowest BCUT2D eigenvalue weighted by Gasteiger charge is -2.26. The molecular formula is C38H32N2O4. The van der Waals surface area contributed by atoms with Crippen molar-refractivity contribution in [3.8, 4) is 0 Å². The molecule has 0 aliphatic heterocycles. The number of nitrogens with zero attached hydrogens (tertiary/aromatic N) is 2. The van der Waals surface area contributed by atoms with Crippen LogP contribution in [-0.2, 0) is 12.8 Å². The first-order chi connectivity index (χ1) is 21.3. The van der Waals surface area contributed by atoms with Crippen LogP contribution >= 0.6 is 0 Å². The molecule has 0 bridgehead atoms. The second kappa shape index (κ2) is 10.9. The molecule has 0 amide bonds. The molecule has 2 N–H and O–H groups in total. The Balaban J connectivity index is 1.28. The van der Waals surface area contributed by atoms with Gasteiger partial charge in [0.1, 0.15) is 0 Å². The summed E-state index contributed by atoms with van der Waals surface area (Å²) in [5.41, 5.74) is 9.43. The Hall–Kier alpha value is -5.10. The molecule has 2 heterocycles. The monoisotopic (exact) mass is 580 g/mol. The molecule has 5 aromatic rings. The third-order valence-electron chi connectivity index (χ3n) is 8.88. The number of aromatic carboxylic acids is 2. The van der Waals surface area contributed by atoms with Crippen LogP contribution in [0.1, 0.15) is 81.0 Å². The number of allylic oxidation sites excluding steroid dienone is 2. The fraction of sp³-hybridized carbons (Fsp3) is 0.211. The minimum atomic E-state index is -0.915. The largest absolute Gasteiger partial charge is 0.478 e. The van der Waals surface area contributed by atoms with E-state index >= 15 is 0 Å². The Labute approximate surface area is 255 Å². The zero-order valence-corrected chi connectivity index (χ0v) is 24.7. The lowest BCUT2D eigenvalue weighted by molar-refractivity contribution is 0.0686. The molecule has 0 saturated carbocycles. The maximum atomic E-state index is 12.4. The number of carboxylic acids is 2. The van der Waals surface area contributed by atoms with Gasteiger partial charge in [0.25, 0.3) is 0 Å². The zero-order chi connectivity index (χ0) is 30.5. The number of pyridine rings is 2. The summed E-state index contributed by atoms with van der Waals surface area (Å²) in [6.45, 7) is 4.31. The lowest BCUT2D eigenvalue weighted by atomic mass is 9.80. The molecule has 3 aromatic carbocycles. The van der Waals surface area contributed by atoms with Gasteiger partial charge in [0.2, 0.25) is 0 Å². The summed E-state index contributed by atoms with van der Waals surface area (Å²) in [5.74, 6) is -1.23. The predicted octanol–water partition coefficient (Wildman–Crippen LogP) is 8.43. The van der Waals surface area contributed by atoms with Crippen LogP contribution in [0.15, 0.2) is 72.8 Å². The second-order valence-electron chi connectivity index (χ2n) is 12.3. The molecule has 2 aliphatic carbocycles. The van der Waals surface area contributed by atoms with E-state index < -0.39 is 11.9 Å². The number of para-hydroxylation sites is 2. The highest BCUT2D eigenvalue weighted by Crippen LogP contribution is 2.40. The van der Waals surface area contributed by atoms with Crippen molar-refractivity contribution in [1.82, 2.24) is 9.97 Å². The maximum Gasteiger partial charge on any atom is 0.336 e. The molecule has 218 valence electrons. The van der Waals surface area contributed by atoms with Gasteiger partial charge < -0.3 is 10.2 Å². The summed E-state index contributed by atoms with van der Waals surface area (Å²) >= 11 is 0. The SMILES string of the molecule is C[C@@H]1C/C(=C/c2ccc(/C=C3\C[C@H](C)Cc4c3nc3ccccc3c4C(=O)O)cc2)c2nc3ccccc3c(C(=O)O)c2C1. The van der Waals surface area contributed by atoms with Crippen LogP contribution in [0, 0.1) is 11.8 Å². The summed E-state index contributed by atoms with van der Waals surface area (Å²) in [7, 11) is 0. The van der Waals surface area contributed by atoms with Crippen LogP contribution in [0.2, 0.25) is 0 Å². The number of fused-ring (bicyclic) bond motifs is 4. The molecule has 6 heteroatoms. The summed E-state index contributed by atoms with van der Waals surface area (Å²) in [6.07, 6.45) is 7.27. The second-order valence-corrected chi connectivity index (χ2v) is 12.3. The van der Waals surface area contributed by atoms with Crippen molar-refractivity contribution >= 4 is 57.0 Å². The molecule has 0 fully saturated rings. The van der Waals surface area contributed by atoms with Gasteiger partial charge >= 0.3 is 11.9 Å². The maximum absolute atomic E-state index is 12.4. The van der Waals surface area contributed by atoms with E-state index in [1.807, 2.05) is 48.5 Å². The highest BCUT2D eigenvalue weighted by molar-refractivity contribution is 6.07. The van der Waals surface area contributed by atoms with Crippen LogP contribution in [0.25, 0.3) is 45.1 Å². The van der Waals surface area contributed by atoms with Crippen LogP contribution in [-0.4, -0.2) is 32.1 Å². The molecular weight excluding hydrogens is 548 g/mol. The summed E-state index contributed by atoms with van der Waals surface area (Å²) < 4.78 is 0. The van der Waals surface area contributed by atoms with Crippen molar-refractivity contribution in [3.05, 3.63) is 118 Å². The molecule has 2 aromatic heterocycles. The summed E-state index contributed by atoms with van der Waals surface area (Å²) in [4.78, 5) is 34.7. The van der Waals surface area contributed by atoms with Crippen molar-refractivity contribution < 1.29 is 19.8 Å². The third kappa shape index (κ3) is 4.86. The predicted molar refractivity (Wildman–Crippen MR) is 175 cm³/mol. The molecule has 0 saturated heterocycles. The minimum absolute atomic E-state index is 0.298. The number of carboxylic acid groups (broad SMARTS) is 2. The summed E-state index contributed by atoms with van der Waals surface area (Å²) in [6, 6.07) is 23.2. The number of hydrogen-bond donors (Lipinski definition) is 2. The van der Waals surface area contributed by atoms with Crippen molar-refractivity contribution in [2.45, 2.75) is 39.5 Å². The number of carbonyl (C=O) groups is 2. The minimum Gasteiger partial charge on any atom is -0.478 e. The molecule has 0 spiro atoms. The van der Waals surface area contributed by atoms with E-state index in [1.165, 1.54) is 0 Å². The Morgan fingerprint density at radius 2 is 1.00 bits per heavy atom. The van der Waals surface area contributed by atoms with Crippen molar-refractivity contribution in [2.24, 2.45) is 11.8 Å². The highest BCUT2D eigenvalue weighted by Gasteiger charge is 2.29. The average Bonchev–Trinajstić information content (AvgIpc) is 2.99. The molecule has 2 aliphatic rings. The van der Waals surface area contributed by atoms with Gasteiger partial charge in [-0.1, -0.05) is 74.5 Å². The molecule has 44 heavy (non-hydrogen) atoms. The third-order valence-corrected chi connectivity index (χ3v) is 8.88. The van der Waals surface area contributed by atoms with Crippen molar-refractivity contribution in [2.75, 3.05) is 0 Å². The Morgan fingerprint density at radius 1 is 0.614 bits per heavy atom. The lowest BCUT2D eigenvalue weighted by Crippen LogP contribution is -2.17.